The fraction of sp³-hybridized carbons (Fsp3) is 0.625. The zero-order valence-electron chi connectivity index (χ0n) is 8.13. The van der Waals surface area contributed by atoms with Gasteiger partial charge in [0.25, 0.3) is 0 Å². The molecule has 1 heterocycles. The van der Waals surface area contributed by atoms with Gasteiger partial charge in [0.2, 0.25) is 0 Å². The first-order valence-electron chi connectivity index (χ1n) is 3.81. The van der Waals surface area contributed by atoms with Crippen molar-refractivity contribution in [3.8, 4) is 0 Å². The maximum atomic E-state index is 3.78. The lowest BCUT2D eigenvalue weighted by Crippen LogP contribution is -1.89. The van der Waals surface area contributed by atoms with E-state index in [-0.39, 0.29) is 0 Å². The summed E-state index contributed by atoms with van der Waals surface area (Å²) in [6, 6.07) is 0. The van der Waals surface area contributed by atoms with Crippen LogP contribution in [0.15, 0.2) is 18.7 Å². The molecule has 66 valence electrons. The second-order valence-electron chi connectivity index (χ2n) is 1.73. The molecule has 0 amide bonds. The van der Waals surface area contributed by atoms with Gasteiger partial charge in [-0.2, -0.15) is 0 Å². The van der Waals surface area contributed by atoms with Gasteiger partial charge in [-0.15, -0.1) is 0 Å². The molecule has 1 aromatic heterocycles. The minimum Gasteiger partial charge on any atom is -0.341 e. The van der Waals surface area contributed by atoms with Crippen LogP contribution in [0.1, 0.15) is 13.8 Å². The van der Waals surface area contributed by atoms with Crippen molar-refractivity contribution >= 4 is 0 Å². The molecule has 0 aromatic carbocycles. The first-order chi connectivity index (χ1) is 5.31. The summed E-state index contributed by atoms with van der Waals surface area (Å²) in [5.74, 6) is 0. The van der Waals surface area contributed by atoms with Gasteiger partial charge in [0.1, 0.15) is 0 Å². The minimum absolute atomic E-state index is 1.75. The van der Waals surface area contributed by atoms with Gasteiger partial charge in [0.05, 0.1) is 6.33 Å². The lowest BCUT2D eigenvalue weighted by molar-refractivity contribution is 0.913. The van der Waals surface area contributed by atoms with Crippen molar-refractivity contribution in [1.29, 1.82) is 0 Å². The van der Waals surface area contributed by atoms with Crippen molar-refractivity contribution in [2.75, 3.05) is 14.1 Å². The summed E-state index contributed by atoms with van der Waals surface area (Å²) >= 11 is 0. The molecule has 0 saturated heterocycles. The fourth-order valence-corrected chi connectivity index (χ4v) is 0.326. The molecule has 3 nitrogen and oxygen atoms in total. The Labute approximate surface area is 69.5 Å². The van der Waals surface area contributed by atoms with Crippen LogP contribution in [0, 0.1) is 0 Å². The normalized spacial score (nSPS) is 7.00. The number of aromatic nitrogens is 2. The molecular weight excluding hydrogens is 138 g/mol. The third-order valence-electron chi connectivity index (χ3n) is 0.637. The molecule has 1 N–H and O–H groups in total. The molecule has 11 heavy (non-hydrogen) atoms. The molecular formula is C8H19N3. The van der Waals surface area contributed by atoms with Crippen LogP contribution in [0.25, 0.3) is 0 Å². The molecule has 0 spiro atoms. The molecule has 0 aliphatic rings. The lowest BCUT2D eigenvalue weighted by atomic mass is 10.9. The molecule has 0 saturated carbocycles. The maximum absolute atomic E-state index is 3.78. The van der Waals surface area contributed by atoms with Gasteiger partial charge >= 0.3 is 0 Å². The zero-order valence-corrected chi connectivity index (χ0v) is 8.13. The summed E-state index contributed by atoms with van der Waals surface area (Å²) in [6.07, 6.45) is 5.39. The average molecular weight is 157 g/mol. The number of aryl methyl sites for hydroxylation is 1. The topological polar surface area (TPSA) is 29.9 Å². The van der Waals surface area contributed by atoms with Crippen molar-refractivity contribution in [2.45, 2.75) is 13.8 Å². The molecule has 0 unspecified atom stereocenters. The predicted octanol–water partition coefficient (Wildman–Crippen LogP) is 1.28. The Morgan fingerprint density at radius 1 is 1.27 bits per heavy atom. The molecule has 0 atom stereocenters. The van der Waals surface area contributed by atoms with Crippen LogP contribution in [0.2, 0.25) is 0 Å². The Balaban J connectivity index is 0. The predicted molar refractivity (Wildman–Crippen MR) is 49.5 cm³/mol. The van der Waals surface area contributed by atoms with Gasteiger partial charge < -0.3 is 9.88 Å². The summed E-state index contributed by atoms with van der Waals surface area (Å²) in [5, 5.41) is 2.75. The first kappa shape index (κ1) is 12.8. The van der Waals surface area contributed by atoms with E-state index < -0.39 is 0 Å². The summed E-state index contributed by atoms with van der Waals surface area (Å²) in [5.41, 5.74) is 0. The van der Waals surface area contributed by atoms with Crippen LogP contribution >= 0.6 is 0 Å². The van der Waals surface area contributed by atoms with Gasteiger partial charge in [-0.05, 0) is 14.1 Å². The first-order valence-corrected chi connectivity index (χ1v) is 3.81. The van der Waals surface area contributed by atoms with Gasteiger partial charge in [0.15, 0.2) is 0 Å². The van der Waals surface area contributed by atoms with Crippen LogP contribution in [0.5, 0.6) is 0 Å². The van der Waals surface area contributed by atoms with Crippen LogP contribution in [-0.2, 0) is 7.05 Å². The van der Waals surface area contributed by atoms with Crippen molar-refractivity contribution in [1.82, 2.24) is 14.9 Å². The third-order valence-corrected chi connectivity index (χ3v) is 0.637. The van der Waals surface area contributed by atoms with E-state index in [0.717, 1.165) is 0 Å². The second kappa shape index (κ2) is 11.9. The number of hydrogen-bond donors (Lipinski definition) is 1. The van der Waals surface area contributed by atoms with Gasteiger partial charge in [0, 0.05) is 19.4 Å². The van der Waals surface area contributed by atoms with E-state index in [2.05, 4.69) is 10.3 Å². The third kappa shape index (κ3) is 12.4. The average Bonchev–Trinajstić information content (AvgIpc) is 2.46. The number of nitrogens with zero attached hydrogens (tertiary/aromatic N) is 2. The largest absolute Gasteiger partial charge is 0.341 e. The van der Waals surface area contributed by atoms with Gasteiger partial charge in [-0.3, -0.25) is 0 Å². The molecule has 0 aliphatic heterocycles. The van der Waals surface area contributed by atoms with E-state index in [9.17, 15) is 0 Å². The van der Waals surface area contributed by atoms with E-state index >= 15 is 0 Å². The van der Waals surface area contributed by atoms with Crippen LogP contribution < -0.4 is 5.32 Å². The maximum Gasteiger partial charge on any atom is 0.0943 e. The summed E-state index contributed by atoms with van der Waals surface area (Å²) < 4.78 is 1.89. The smallest absolute Gasteiger partial charge is 0.0943 e. The highest BCUT2D eigenvalue weighted by Crippen LogP contribution is 1.73. The molecule has 0 radical (unpaired) electrons. The Kier molecular flexibility index (Phi) is 13.9. The summed E-state index contributed by atoms with van der Waals surface area (Å²) in [7, 11) is 5.69. The number of rotatable bonds is 0. The lowest BCUT2D eigenvalue weighted by Gasteiger charge is -1.76. The highest BCUT2D eigenvalue weighted by atomic mass is 15.0. The summed E-state index contributed by atoms with van der Waals surface area (Å²) in [4.78, 5) is 3.78. The van der Waals surface area contributed by atoms with Gasteiger partial charge in [-0.25, -0.2) is 4.98 Å². The molecule has 0 bridgehead atoms. The molecule has 1 aromatic rings. The number of nitrogens with one attached hydrogen (secondary N) is 1. The highest BCUT2D eigenvalue weighted by Gasteiger charge is 1.69. The van der Waals surface area contributed by atoms with Crippen LogP contribution in [0.3, 0.4) is 0 Å². The Hall–Kier alpha value is -0.830. The monoisotopic (exact) mass is 157 g/mol. The Bertz CT molecular complexity index is 124. The van der Waals surface area contributed by atoms with E-state index in [0.29, 0.717) is 0 Å². The second-order valence-corrected chi connectivity index (χ2v) is 1.73. The van der Waals surface area contributed by atoms with Crippen molar-refractivity contribution < 1.29 is 0 Å². The highest BCUT2D eigenvalue weighted by molar-refractivity contribution is 4.70. The molecule has 0 fully saturated rings. The van der Waals surface area contributed by atoms with E-state index in [4.69, 9.17) is 0 Å². The number of imidazole rings is 1. The SMILES string of the molecule is CC.CNC.Cn1ccnc1. The quantitative estimate of drug-likeness (QED) is 0.615. The van der Waals surface area contributed by atoms with Crippen molar-refractivity contribution in [3.05, 3.63) is 18.7 Å². The molecule has 1 rings (SSSR count). The fourth-order valence-electron chi connectivity index (χ4n) is 0.326. The van der Waals surface area contributed by atoms with Crippen LogP contribution in [0.4, 0.5) is 0 Å². The standard InChI is InChI=1S/C4H6N2.C2H7N.C2H6/c1-6-3-2-5-4-6;1-3-2;1-2/h2-4H,1H3;3H,1-2H3;1-2H3. The minimum atomic E-state index is 1.75. The number of hydrogen-bond acceptors (Lipinski definition) is 2. The Morgan fingerprint density at radius 2 is 1.73 bits per heavy atom. The van der Waals surface area contributed by atoms with E-state index in [1.165, 1.54) is 0 Å². The van der Waals surface area contributed by atoms with Crippen molar-refractivity contribution in [3.63, 3.8) is 0 Å². The van der Waals surface area contributed by atoms with E-state index in [1.807, 2.05) is 45.8 Å². The van der Waals surface area contributed by atoms with Gasteiger partial charge in [-0.1, -0.05) is 13.8 Å². The van der Waals surface area contributed by atoms with Crippen LogP contribution in [-0.4, -0.2) is 23.6 Å². The Morgan fingerprint density at radius 3 is 1.82 bits per heavy atom. The van der Waals surface area contributed by atoms with Crippen molar-refractivity contribution in [2.24, 2.45) is 7.05 Å². The zero-order chi connectivity index (χ0) is 9.11. The molecule has 0 aliphatic carbocycles. The van der Waals surface area contributed by atoms with E-state index in [1.54, 1.807) is 12.5 Å². The summed E-state index contributed by atoms with van der Waals surface area (Å²) in [6.45, 7) is 4.00. The molecule has 3 heteroatoms.